The summed E-state index contributed by atoms with van der Waals surface area (Å²) in [5.74, 6) is 0. The van der Waals surface area contributed by atoms with E-state index in [0.717, 1.165) is 0 Å². The molecule has 0 aliphatic heterocycles. The van der Waals surface area contributed by atoms with Crippen LogP contribution in [0.25, 0.3) is 10.6 Å². The van der Waals surface area contributed by atoms with Crippen molar-refractivity contribution in [3.63, 3.8) is 0 Å². The van der Waals surface area contributed by atoms with E-state index < -0.39 is 0 Å². The van der Waals surface area contributed by atoms with Crippen LogP contribution in [0.5, 0.6) is 0 Å². The maximum atomic E-state index is 12.0. The number of aryl methyl sites for hydroxylation is 1. The van der Waals surface area contributed by atoms with Gasteiger partial charge in [0, 0.05) is 19.8 Å². The molecule has 2 aromatic heterocycles. The average Bonchev–Trinajstić information content (AvgIpc) is 2.78. The van der Waals surface area contributed by atoms with Crippen molar-refractivity contribution in [2.24, 2.45) is 0 Å². The lowest BCUT2D eigenvalue weighted by atomic mass is 10.3. The van der Waals surface area contributed by atoms with E-state index in [4.69, 9.17) is 0 Å². The van der Waals surface area contributed by atoms with E-state index in [2.05, 4.69) is 15.5 Å². The molecular weight excluding hydrogens is 224 g/mol. The van der Waals surface area contributed by atoms with Crippen molar-refractivity contribution in [2.75, 3.05) is 12.4 Å². The minimum absolute atomic E-state index is 0.0243. The molecule has 2 aromatic rings. The van der Waals surface area contributed by atoms with Crippen LogP contribution in [0, 0.1) is 0 Å². The van der Waals surface area contributed by atoms with Crippen molar-refractivity contribution in [3.8, 4) is 10.6 Å². The lowest BCUT2D eigenvalue weighted by molar-refractivity contribution is 0.728. The normalized spacial score (nSPS) is 10.4. The fourth-order valence-corrected chi connectivity index (χ4v) is 2.10. The summed E-state index contributed by atoms with van der Waals surface area (Å²) in [5.41, 5.74) is 0.576. The van der Waals surface area contributed by atoms with Gasteiger partial charge >= 0.3 is 0 Å². The van der Waals surface area contributed by atoms with Gasteiger partial charge in [0.25, 0.3) is 5.56 Å². The van der Waals surface area contributed by atoms with Gasteiger partial charge in [0.1, 0.15) is 0 Å². The highest BCUT2D eigenvalue weighted by Gasteiger charge is 2.10. The second-order valence-corrected chi connectivity index (χ2v) is 4.15. The topological polar surface area (TPSA) is 59.8 Å². The Hall–Kier alpha value is -1.69. The predicted molar refractivity (Wildman–Crippen MR) is 64.8 cm³/mol. The standard InChI is InChI=1S/C10H12N4OS/c1-3-14-6-4-5-7(9(14)15)8-12-13-10(11-2)16-8/h4-6H,3H2,1-2H3,(H,11,13). The number of nitrogens with one attached hydrogen (secondary N) is 1. The van der Waals surface area contributed by atoms with E-state index in [9.17, 15) is 4.79 Å². The van der Waals surface area contributed by atoms with Crippen molar-refractivity contribution in [2.45, 2.75) is 13.5 Å². The number of nitrogens with zero attached hydrogens (tertiary/aromatic N) is 3. The third-order valence-corrected chi connectivity index (χ3v) is 3.20. The number of aromatic nitrogens is 3. The Morgan fingerprint density at radius 2 is 2.31 bits per heavy atom. The zero-order valence-corrected chi connectivity index (χ0v) is 9.91. The fourth-order valence-electron chi connectivity index (χ4n) is 1.38. The van der Waals surface area contributed by atoms with Crippen LogP contribution in [0.3, 0.4) is 0 Å². The lowest BCUT2D eigenvalue weighted by Gasteiger charge is -2.01. The summed E-state index contributed by atoms with van der Waals surface area (Å²) in [6.45, 7) is 2.59. The Morgan fingerprint density at radius 1 is 1.50 bits per heavy atom. The Balaban J connectivity index is 2.51. The van der Waals surface area contributed by atoms with Gasteiger partial charge in [0.15, 0.2) is 5.01 Å². The van der Waals surface area contributed by atoms with Gasteiger partial charge < -0.3 is 9.88 Å². The van der Waals surface area contributed by atoms with Crippen LogP contribution < -0.4 is 10.9 Å². The van der Waals surface area contributed by atoms with Crippen molar-refractivity contribution in [1.29, 1.82) is 0 Å². The monoisotopic (exact) mass is 236 g/mol. The van der Waals surface area contributed by atoms with Gasteiger partial charge in [0.2, 0.25) is 5.13 Å². The van der Waals surface area contributed by atoms with E-state index in [0.29, 0.717) is 22.2 Å². The largest absolute Gasteiger partial charge is 0.363 e. The Kier molecular flexibility index (Phi) is 3.00. The smallest absolute Gasteiger partial charge is 0.260 e. The predicted octanol–water partition coefficient (Wildman–Crippen LogP) is 1.43. The van der Waals surface area contributed by atoms with Gasteiger partial charge in [-0.3, -0.25) is 4.79 Å². The molecule has 0 bridgehead atoms. The molecule has 0 aromatic carbocycles. The van der Waals surface area contributed by atoms with Gasteiger partial charge in [-0.25, -0.2) is 0 Å². The minimum atomic E-state index is -0.0243. The molecule has 0 fully saturated rings. The summed E-state index contributed by atoms with van der Waals surface area (Å²) in [6.07, 6.45) is 1.77. The maximum Gasteiger partial charge on any atom is 0.260 e. The lowest BCUT2D eigenvalue weighted by Crippen LogP contribution is -2.19. The molecule has 2 heterocycles. The number of pyridine rings is 1. The van der Waals surface area contributed by atoms with Gasteiger partial charge in [0.05, 0.1) is 5.56 Å². The van der Waals surface area contributed by atoms with Gasteiger partial charge in [-0.1, -0.05) is 11.3 Å². The molecule has 0 aliphatic carbocycles. The van der Waals surface area contributed by atoms with Gasteiger partial charge in [-0.15, -0.1) is 10.2 Å². The SMILES string of the molecule is CCn1cccc(-c2nnc(NC)s2)c1=O. The number of hydrogen-bond donors (Lipinski definition) is 1. The van der Waals surface area contributed by atoms with Crippen LogP contribution >= 0.6 is 11.3 Å². The molecular formula is C10H12N4OS. The van der Waals surface area contributed by atoms with Gasteiger partial charge in [-0.05, 0) is 19.1 Å². The van der Waals surface area contributed by atoms with Gasteiger partial charge in [-0.2, -0.15) is 0 Å². The molecule has 0 saturated carbocycles. The van der Waals surface area contributed by atoms with Crippen LogP contribution in [0.1, 0.15) is 6.92 Å². The van der Waals surface area contributed by atoms with Crippen molar-refractivity contribution >= 4 is 16.5 Å². The molecule has 0 spiro atoms. The molecule has 1 N–H and O–H groups in total. The molecule has 0 amide bonds. The van der Waals surface area contributed by atoms with E-state index in [-0.39, 0.29) is 5.56 Å². The molecule has 16 heavy (non-hydrogen) atoms. The van der Waals surface area contributed by atoms with E-state index in [1.807, 2.05) is 13.0 Å². The first kappa shape index (κ1) is 10.8. The minimum Gasteiger partial charge on any atom is -0.363 e. The molecule has 6 heteroatoms. The van der Waals surface area contributed by atoms with Crippen LogP contribution in [0.4, 0.5) is 5.13 Å². The molecule has 0 saturated heterocycles. The average molecular weight is 236 g/mol. The molecule has 0 radical (unpaired) electrons. The highest BCUT2D eigenvalue weighted by molar-refractivity contribution is 7.18. The van der Waals surface area contributed by atoms with E-state index in [1.165, 1.54) is 11.3 Å². The molecule has 5 nitrogen and oxygen atoms in total. The first-order chi connectivity index (χ1) is 7.76. The van der Waals surface area contributed by atoms with E-state index in [1.54, 1.807) is 23.9 Å². The first-order valence-electron chi connectivity index (χ1n) is 4.97. The third kappa shape index (κ3) is 1.83. The zero-order chi connectivity index (χ0) is 11.5. The molecule has 2 rings (SSSR count). The van der Waals surface area contributed by atoms with Crippen molar-refractivity contribution < 1.29 is 0 Å². The summed E-state index contributed by atoms with van der Waals surface area (Å²) >= 11 is 1.37. The number of hydrogen-bond acceptors (Lipinski definition) is 5. The number of rotatable bonds is 3. The first-order valence-corrected chi connectivity index (χ1v) is 5.79. The summed E-state index contributed by atoms with van der Waals surface area (Å²) in [7, 11) is 1.78. The molecule has 0 atom stereocenters. The van der Waals surface area contributed by atoms with E-state index >= 15 is 0 Å². The maximum absolute atomic E-state index is 12.0. The highest BCUT2D eigenvalue weighted by Crippen LogP contribution is 2.22. The number of anilines is 1. The zero-order valence-electron chi connectivity index (χ0n) is 9.10. The molecule has 0 aliphatic rings. The molecule has 0 unspecified atom stereocenters. The second kappa shape index (κ2) is 4.44. The van der Waals surface area contributed by atoms with Crippen LogP contribution in [0.2, 0.25) is 0 Å². The Labute approximate surface area is 96.8 Å². The van der Waals surface area contributed by atoms with Crippen LogP contribution in [-0.2, 0) is 6.54 Å². The van der Waals surface area contributed by atoms with Crippen molar-refractivity contribution in [3.05, 3.63) is 28.7 Å². The summed E-state index contributed by atoms with van der Waals surface area (Å²) in [5, 5.41) is 12.2. The Morgan fingerprint density at radius 3 is 2.94 bits per heavy atom. The second-order valence-electron chi connectivity index (χ2n) is 3.18. The van der Waals surface area contributed by atoms with Crippen LogP contribution in [-0.4, -0.2) is 21.8 Å². The summed E-state index contributed by atoms with van der Waals surface area (Å²) < 4.78 is 1.65. The third-order valence-electron chi connectivity index (χ3n) is 2.23. The quantitative estimate of drug-likeness (QED) is 0.875. The summed E-state index contributed by atoms with van der Waals surface area (Å²) in [4.78, 5) is 12.0. The highest BCUT2D eigenvalue weighted by atomic mass is 32.1. The van der Waals surface area contributed by atoms with Crippen LogP contribution in [0.15, 0.2) is 23.1 Å². The fraction of sp³-hybridized carbons (Fsp3) is 0.300. The molecule has 84 valence electrons. The Bertz CT molecular complexity index is 546. The van der Waals surface area contributed by atoms with Crippen molar-refractivity contribution in [1.82, 2.24) is 14.8 Å². The summed E-state index contributed by atoms with van der Waals surface area (Å²) in [6, 6.07) is 3.62.